The van der Waals surface area contributed by atoms with Crippen molar-refractivity contribution < 1.29 is 8.42 Å². The van der Waals surface area contributed by atoms with Crippen molar-refractivity contribution in [2.75, 3.05) is 16.7 Å². The molecule has 0 fully saturated rings. The van der Waals surface area contributed by atoms with Gasteiger partial charge in [-0.25, -0.2) is 13.4 Å². The highest BCUT2D eigenvalue weighted by Crippen LogP contribution is 2.11. The van der Waals surface area contributed by atoms with E-state index in [4.69, 9.17) is 5.73 Å². The van der Waals surface area contributed by atoms with Crippen LogP contribution in [0.25, 0.3) is 0 Å². The minimum atomic E-state index is -3.28. The standard InChI is InChI=1S/C7H11N3O2S/c1-5-3-6(8)9-7(4-5)10-13(2,11)12/h3-4H,1-2H3,(H3,8,9,10). The smallest absolute Gasteiger partial charge is 0.230 e. The number of nitrogens with zero attached hydrogens (tertiary/aromatic N) is 1. The highest BCUT2D eigenvalue weighted by molar-refractivity contribution is 7.92. The van der Waals surface area contributed by atoms with Crippen molar-refractivity contribution in [2.24, 2.45) is 0 Å². The molecular formula is C7H11N3O2S. The summed E-state index contributed by atoms with van der Waals surface area (Å²) < 4.78 is 23.9. The van der Waals surface area contributed by atoms with E-state index < -0.39 is 10.0 Å². The second-order valence-electron chi connectivity index (χ2n) is 2.83. The first kappa shape index (κ1) is 9.79. The van der Waals surface area contributed by atoms with Gasteiger partial charge in [-0.1, -0.05) is 0 Å². The van der Waals surface area contributed by atoms with E-state index in [1.165, 1.54) is 0 Å². The molecule has 0 atom stereocenters. The van der Waals surface area contributed by atoms with Gasteiger partial charge in [0.1, 0.15) is 11.6 Å². The van der Waals surface area contributed by atoms with Gasteiger partial charge in [0.25, 0.3) is 0 Å². The highest BCUT2D eigenvalue weighted by Gasteiger charge is 2.03. The topological polar surface area (TPSA) is 85.1 Å². The number of nitrogens with two attached hydrogens (primary N) is 1. The lowest BCUT2D eigenvalue weighted by molar-refractivity contribution is 0.606. The Labute approximate surface area is 77.0 Å². The molecule has 6 heteroatoms. The predicted molar refractivity (Wildman–Crippen MR) is 51.9 cm³/mol. The zero-order valence-corrected chi connectivity index (χ0v) is 8.22. The van der Waals surface area contributed by atoms with Gasteiger partial charge in [0.15, 0.2) is 0 Å². The molecule has 1 aromatic heterocycles. The molecule has 5 nitrogen and oxygen atoms in total. The first-order valence-corrected chi connectivity index (χ1v) is 5.48. The molecule has 1 aromatic rings. The lowest BCUT2D eigenvalue weighted by atomic mass is 10.3. The molecule has 0 aliphatic rings. The van der Waals surface area contributed by atoms with E-state index in [9.17, 15) is 8.42 Å². The number of sulfonamides is 1. The monoisotopic (exact) mass is 201 g/mol. The van der Waals surface area contributed by atoms with Gasteiger partial charge in [-0.15, -0.1) is 0 Å². The first-order valence-electron chi connectivity index (χ1n) is 3.59. The van der Waals surface area contributed by atoms with Crippen LogP contribution in [0.4, 0.5) is 11.6 Å². The zero-order valence-electron chi connectivity index (χ0n) is 7.40. The van der Waals surface area contributed by atoms with Gasteiger partial charge < -0.3 is 5.73 Å². The van der Waals surface area contributed by atoms with Crippen LogP contribution in [0.15, 0.2) is 12.1 Å². The fourth-order valence-electron chi connectivity index (χ4n) is 0.936. The van der Waals surface area contributed by atoms with Crippen LogP contribution in [-0.2, 0) is 10.0 Å². The van der Waals surface area contributed by atoms with Gasteiger partial charge in [-0.3, -0.25) is 4.72 Å². The molecule has 0 saturated heterocycles. The summed E-state index contributed by atoms with van der Waals surface area (Å²) in [7, 11) is -3.28. The van der Waals surface area contributed by atoms with Crippen LogP contribution in [0.2, 0.25) is 0 Å². The fourth-order valence-corrected chi connectivity index (χ4v) is 1.42. The molecule has 0 spiro atoms. The van der Waals surface area contributed by atoms with Crippen LogP contribution in [0.5, 0.6) is 0 Å². The number of aromatic nitrogens is 1. The van der Waals surface area contributed by atoms with Gasteiger partial charge in [-0.2, -0.15) is 0 Å². The van der Waals surface area contributed by atoms with Gasteiger partial charge in [-0.05, 0) is 24.6 Å². The Bertz CT molecular complexity index is 393. The Morgan fingerprint density at radius 3 is 2.54 bits per heavy atom. The molecule has 0 unspecified atom stereocenters. The van der Waals surface area contributed by atoms with Crippen molar-refractivity contribution in [3.63, 3.8) is 0 Å². The maximum Gasteiger partial charge on any atom is 0.230 e. The molecule has 3 N–H and O–H groups in total. The summed E-state index contributed by atoms with van der Waals surface area (Å²) in [5.74, 6) is 0.547. The third kappa shape index (κ3) is 3.29. The number of hydrogen-bond donors (Lipinski definition) is 2. The normalized spacial score (nSPS) is 11.2. The Kier molecular flexibility index (Phi) is 2.42. The summed E-state index contributed by atoms with van der Waals surface area (Å²) in [6.07, 6.45) is 1.06. The summed E-state index contributed by atoms with van der Waals surface area (Å²) in [5.41, 5.74) is 6.29. The molecule has 0 aliphatic carbocycles. The number of hydrogen-bond acceptors (Lipinski definition) is 4. The maximum atomic E-state index is 10.8. The van der Waals surface area contributed by atoms with E-state index in [0.29, 0.717) is 5.82 Å². The molecule has 0 aliphatic heterocycles. The van der Waals surface area contributed by atoms with Gasteiger partial charge >= 0.3 is 0 Å². The molecule has 1 heterocycles. The Morgan fingerprint density at radius 1 is 1.46 bits per heavy atom. The average Bonchev–Trinajstić information content (AvgIpc) is 1.78. The summed E-state index contributed by atoms with van der Waals surface area (Å²) >= 11 is 0. The minimum absolute atomic E-state index is 0.250. The number of rotatable bonds is 2. The fraction of sp³-hybridized carbons (Fsp3) is 0.286. The summed E-state index contributed by atoms with van der Waals surface area (Å²) in [5, 5.41) is 0. The van der Waals surface area contributed by atoms with Crippen molar-refractivity contribution in [1.29, 1.82) is 0 Å². The number of aryl methyl sites for hydroxylation is 1. The van der Waals surface area contributed by atoms with Crippen LogP contribution < -0.4 is 10.5 Å². The lowest BCUT2D eigenvalue weighted by Crippen LogP contribution is -2.11. The Morgan fingerprint density at radius 2 is 2.08 bits per heavy atom. The molecule has 0 saturated carbocycles. The van der Waals surface area contributed by atoms with E-state index in [0.717, 1.165) is 11.8 Å². The van der Waals surface area contributed by atoms with E-state index in [1.807, 2.05) is 6.92 Å². The van der Waals surface area contributed by atoms with Gasteiger partial charge in [0, 0.05) is 0 Å². The van der Waals surface area contributed by atoms with Crippen LogP contribution in [0.3, 0.4) is 0 Å². The van der Waals surface area contributed by atoms with Crippen molar-refractivity contribution in [3.05, 3.63) is 17.7 Å². The van der Waals surface area contributed by atoms with Gasteiger partial charge in [0.05, 0.1) is 6.26 Å². The third-order valence-electron chi connectivity index (χ3n) is 1.28. The molecule has 1 rings (SSSR count). The van der Waals surface area contributed by atoms with Crippen molar-refractivity contribution in [3.8, 4) is 0 Å². The van der Waals surface area contributed by atoms with Crippen LogP contribution >= 0.6 is 0 Å². The van der Waals surface area contributed by atoms with E-state index in [2.05, 4.69) is 9.71 Å². The number of nitrogens with one attached hydrogen (secondary N) is 1. The highest BCUT2D eigenvalue weighted by atomic mass is 32.2. The number of nitrogen functional groups attached to an aromatic ring is 1. The molecule has 0 amide bonds. The third-order valence-corrected chi connectivity index (χ3v) is 1.86. The second kappa shape index (κ2) is 3.21. The van der Waals surface area contributed by atoms with Crippen LogP contribution in [0.1, 0.15) is 5.56 Å². The number of anilines is 2. The predicted octanol–water partition coefficient (Wildman–Crippen LogP) is 0.344. The largest absolute Gasteiger partial charge is 0.384 e. The quantitative estimate of drug-likeness (QED) is 0.722. The second-order valence-corrected chi connectivity index (χ2v) is 4.58. The van der Waals surface area contributed by atoms with E-state index in [-0.39, 0.29) is 5.82 Å². The van der Waals surface area contributed by atoms with Crippen molar-refractivity contribution in [2.45, 2.75) is 6.92 Å². The average molecular weight is 201 g/mol. The van der Waals surface area contributed by atoms with Crippen molar-refractivity contribution in [1.82, 2.24) is 4.98 Å². The zero-order chi connectivity index (χ0) is 10.1. The molecule has 13 heavy (non-hydrogen) atoms. The SMILES string of the molecule is Cc1cc(N)nc(NS(C)(=O)=O)c1. The van der Waals surface area contributed by atoms with Crippen molar-refractivity contribution >= 4 is 21.7 Å². The summed E-state index contributed by atoms with van der Waals surface area (Å²) in [6, 6.07) is 3.27. The molecular weight excluding hydrogens is 190 g/mol. The van der Waals surface area contributed by atoms with Crippen LogP contribution in [-0.4, -0.2) is 19.7 Å². The Hall–Kier alpha value is -1.30. The van der Waals surface area contributed by atoms with E-state index >= 15 is 0 Å². The lowest BCUT2D eigenvalue weighted by Gasteiger charge is -2.04. The van der Waals surface area contributed by atoms with Crippen LogP contribution in [0, 0.1) is 6.92 Å². The minimum Gasteiger partial charge on any atom is -0.384 e. The summed E-state index contributed by atoms with van der Waals surface area (Å²) in [4.78, 5) is 3.81. The van der Waals surface area contributed by atoms with Gasteiger partial charge in [0.2, 0.25) is 10.0 Å². The molecule has 0 radical (unpaired) electrons. The van der Waals surface area contributed by atoms with E-state index in [1.54, 1.807) is 12.1 Å². The number of pyridine rings is 1. The summed E-state index contributed by atoms with van der Waals surface area (Å²) in [6.45, 7) is 1.81. The molecule has 0 bridgehead atoms. The Balaban J connectivity index is 3.03. The first-order chi connectivity index (χ1) is 5.87. The molecule has 72 valence electrons. The maximum absolute atomic E-state index is 10.8. The molecule has 0 aromatic carbocycles.